The van der Waals surface area contributed by atoms with Gasteiger partial charge >= 0.3 is 0 Å². The summed E-state index contributed by atoms with van der Waals surface area (Å²) in [6, 6.07) is 12.0. The van der Waals surface area contributed by atoms with Gasteiger partial charge in [-0.15, -0.1) is 0 Å². The molecule has 29 heavy (non-hydrogen) atoms. The summed E-state index contributed by atoms with van der Waals surface area (Å²) in [7, 11) is 0. The highest BCUT2D eigenvalue weighted by Gasteiger charge is 2.67. The molecule has 4 aliphatic carbocycles. The number of imide groups is 1. The third-order valence-corrected chi connectivity index (χ3v) is 7.41. The molecule has 0 aromatic heterocycles. The van der Waals surface area contributed by atoms with Crippen LogP contribution in [0.15, 0.2) is 54.6 Å². The second-order valence-electron chi connectivity index (χ2n) is 8.34. The summed E-state index contributed by atoms with van der Waals surface area (Å²) < 4.78 is 5.81. The highest BCUT2D eigenvalue weighted by Crippen LogP contribution is 2.65. The van der Waals surface area contributed by atoms with Crippen molar-refractivity contribution in [3.63, 3.8) is 0 Å². The highest BCUT2D eigenvalue weighted by molar-refractivity contribution is 6.35. The van der Waals surface area contributed by atoms with Gasteiger partial charge in [-0.2, -0.15) is 0 Å². The zero-order valence-corrected chi connectivity index (χ0v) is 16.8. The van der Waals surface area contributed by atoms with Crippen LogP contribution in [-0.4, -0.2) is 11.8 Å². The Morgan fingerprint density at radius 3 is 2.07 bits per heavy atom. The summed E-state index contributed by atoms with van der Waals surface area (Å²) >= 11 is 12.1. The van der Waals surface area contributed by atoms with Crippen molar-refractivity contribution in [3.05, 3.63) is 64.7 Å². The number of carbonyl (C=O) groups excluding carboxylic acids is 2. The normalized spacial score (nSPS) is 33.7. The second-order valence-corrected chi connectivity index (χ2v) is 9.18. The van der Waals surface area contributed by atoms with E-state index in [9.17, 15) is 9.59 Å². The van der Waals surface area contributed by atoms with Gasteiger partial charge in [0.15, 0.2) is 0 Å². The molecule has 2 bridgehead atoms. The fourth-order valence-corrected chi connectivity index (χ4v) is 6.01. The Hall–Kier alpha value is -2.30. The van der Waals surface area contributed by atoms with E-state index >= 15 is 0 Å². The lowest BCUT2D eigenvalue weighted by Crippen LogP contribution is -2.40. The van der Waals surface area contributed by atoms with Crippen LogP contribution < -0.4 is 9.64 Å². The molecule has 0 N–H and O–H groups in total. The van der Waals surface area contributed by atoms with E-state index in [4.69, 9.17) is 27.9 Å². The average Bonchev–Trinajstić information content (AvgIpc) is 3.49. The number of nitrogens with zero attached hydrogens (tertiary/aromatic N) is 1. The number of ether oxygens (including phenoxy) is 1. The predicted molar refractivity (Wildman–Crippen MR) is 110 cm³/mol. The van der Waals surface area contributed by atoms with Gasteiger partial charge in [0.1, 0.15) is 11.5 Å². The molecule has 0 spiro atoms. The molecule has 7 rings (SSSR count). The monoisotopic (exact) mass is 425 g/mol. The second kappa shape index (κ2) is 6.10. The van der Waals surface area contributed by atoms with Gasteiger partial charge in [0, 0.05) is 5.02 Å². The average molecular weight is 426 g/mol. The lowest BCUT2D eigenvalue weighted by molar-refractivity contribution is -0.124. The Morgan fingerprint density at radius 2 is 1.48 bits per heavy atom. The minimum Gasteiger partial charge on any atom is -0.456 e. The van der Waals surface area contributed by atoms with Crippen molar-refractivity contribution < 1.29 is 14.3 Å². The Morgan fingerprint density at radius 1 is 0.862 bits per heavy atom. The molecule has 1 saturated heterocycles. The van der Waals surface area contributed by atoms with Crippen LogP contribution in [0.25, 0.3) is 0 Å². The number of carbonyl (C=O) groups is 2. The van der Waals surface area contributed by atoms with Gasteiger partial charge < -0.3 is 4.74 Å². The molecule has 2 aromatic carbocycles. The van der Waals surface area contributed by atoms with E-state index in [1.54, 1.807) is 42.5 Å². The van der Waals surface area contributed by atoms with Crippen molar-refractivity contribution in [2.45, 2.75) is 6.42 Å². The predicted octanol–water partition coefficient (Wildman–Crippen LogP) is 5.34. The van der Waals surface area contributed by atoms with Gasteiger partial charge in [-0.25, -0.2) is 0 Å². The maximum Gasteiger partial charge on any atom is 0.238 e. The smallest absolute Gasteiger partial charge is 0.238 e. The summed E-state index contributed by atoms with van der Waals surface area (Å²) in [5.41, 5.74) is 0.594. The van der Waals surface area contributed by atoms with Gasteiger partial charge in [-0.1, -0.05) is 35.4 Å². The van der Waals surface area contributed by atoms with Crippen LogP contribution in [0.2, 0.25) is 10.0 Å². The lowest BCUT2D eigenvalue weighted by atomic mass is 9.63. The number of hydrogen-bond acceptors (Lipinski definition) is 3. The van der Waals surface area contributed by atoms with Crippen LogP contribution in [-0.2, 0) is 9.59 Å². The van der Waals surface area contributed by atoms with E-state index in [2.05, 4.69) is 12.2 Å². The molecule has 0 radical (unpaired) electrons. The molecule has 146 valence electrons. The van der Waals surface area contributed by atoms with Crippen molar-refractivity contribution in [2.75, 3.05) is 4.90 Å². The van der Waals surface area contributed by atoms with E-state index in [1.165, 1.54) is 4.90 Å². The standard InChI is InChI=1S/C23H17Cl2NO3/c24-11-1-8-19(18(25)9-11)29-13-4-2-12(3-5-13)26-22(27)20-14-6-7-15(17-10-16(14)17)21(20)23(26)28/h1-9,14-17,20-21H,10H2/t14-,15+,16-,17-,20+,21+/m1/s1. The lowest BCUT2D eigenvalue weighted by Gasteiger charge is -2.37. The molecular formula is C23H17Cl2NO3. The van der Waals surface area contributed by atoms with Crippen molar-refractivity contribution in [2.24, 2.45) is 35.5 Å². The van der Waals surface area contributed by atoms with Crippen LogP contribution in [0.4, 0.5) is 5.69 Å². The van der Waals surface area contributed by atoms with Gasteiger partial charge in [0.25, 0.3) is 0 Å². The first-order valence-electron chi connectivity index (χ1n) is 9.82. The van der Waals surface area contributed by atoms with Crippen LogP contribution in [0, 0.1) is 35.5 Å². The van der Waals surface area contributed by atoms with Crippen molar-refractivity contribution >= 4 is 40.7 Å². The van der Waals surface area contributed by atoms with Crippen molar-refractivity contribution in [1.29, 1.82) is 0 Å². The third kappa shape index (κ3) is 2.52. The SMILES string of the molecule is O=C1[C@H]2[C@@H]3C=C[C@@H]([C@H]4C[C@H]34)[C@@H]2C(=O)N1c1ccc(Oc2ccc(Cl)cc2Cl)cc1. The van der Waals surface area contributed by atoms with Crippen molar-refractivity contribution in [3.8, 4) is 11.5 Å². The number of benzene rings is 2. The molecule has 1 aliphatic heterocycles. The van der Waals surface area contributed by atoms with E-state index in [0.29, 0.717) is 39.1 Å². The molecule has 4 nitrogen and oxygen atoms in total. The third-order valence-electron chi connectivity index (χ3n) is 6.88. The van der Waals surface area contributed by atoms with Crippen LogP contribution in [0.1, 0.15) is 6.42 Å². The van der Waals surface area contributed by atoms with Gasteiger partial charge in [0.05, 0.1) is 22.5 Å². The zero-order valence-electron chi connectivity index (χ0n) is 15.3. The Labute approximate surface area is 178 Å². The van der Waals surface area contributed by atoms with Crippen LogP contribution >= 0.6 is 23.2 Å². The topological polar surface area (TPSA) is 46.6 Å². The summed E-state index contributed by atoms with van der Waals surface area (Å²) in [5, 5.41) is 0.948. The Balaban J connectivity index is 1.26. The molecule has 6 heteroatoms. The number of halogens is 2. The van der Waals surface area contributed by atoms with E-state index < -0.39 is 0 Å². The van der Waals surface area contributed by atoms with Gasteiger partial charge in [-0.05, 0) is 72.6 Å². The molecule has 3 fully saturated rings. The van der Waals surface area contributed by atoms with Crippen LogP contribution in [0.5, 0.6) is 11.5 Å². The van der Waals surface area contributed by atoms with E-state index in [-0.39, 0.29) is 35.5 Å². The first kappa shape index (κ1) is 17.5. The zero-order chi connectivity index (χ0) is 19.9. The summed E-state index contributed by atoms with van der Waals surface area (Å²) in [4.78, 5) is 27.7. The number of anilines is 1. The molecule has 2 amide bonds. The maximum absolute atomic E-state index is 13.2. The summed E-state index contributed by atoms with van der Waals surface area (Å²) in [6.45, 7) is 0. The molecule has 0 unspecified atom stereocenters. The summed E-state index contributed by atoms with van der Waals surface area (Å²) in [5.74, 6) is 2.22. The fourth-order valence-electron chi connectivity index (χ4n) is 5.56. The fraction of sp³-hybridized carbons (Fsp3) is 0.304. The molecular weight excluding hydrogens is 409 g/mol. The molecule has 1 heterocycles. The highest BCUT2D eigenvalue weighted by atomic mass is 35.5. The van der Waals surface area contributed by atoms with Crippen molar-refractivity contribution in [1.82, 2.24) is 0 Å². The first-order valence-corrected chi connectivity index (χ1v) is 10.6. The molecule has 6 atom stereocenters. The quantitative estimate of drug-likeness (QED) is 0.492. The minimum atomic E-state index is -0.190. The first-order chi connectivity index (χ1) is 14.0. The maximum atomic E-state index is 13.2. The van der Waals surface area contributed by atoms with E-state index in [0.717, 1.165) is 6.42 Å². The molecule has 5 aliphatic rings. The van der Waals surface area contributed by atoms with Gasteiger partial charge in [-0.3, -0.25) is 14.5 Å². The van der Waals surface area contributed by atoms with E-state index in [1.807, 2.05) is 0 Å². The number of amides is 2. The Bertz CT molecular complexity index is 1040. The molecule has 2 saturated carbocycles. The summed E-state index contributed by atoms with van der Waals surface area (Å²) in [6.07, 6.45) is 5.53. The number of rotatable bonds is 3. The van der Waals surface area contributed by atoms with Crippen LogP contribution in [0.3, 0.4) is 0 Å². The number of allylic oxidation sites excluding steroid dienone is 2. The largest absolute Gasteiger partial charge is 0.456 e. The van der Waals surface area contributed by atoms with Gasteiger partial charge in [0.2, 0.25) is 11.8 Å². The minimum absolute atomic E-state index is 0.0564. The number of hydrogen-bond donors (Lipinski definition) is 0. The molecule has 2 aromatic rings. The Kier molecular flexibility index (Phi) is 3.69.